The van der Waals surface area contributed by atoms with E-state index in [1.165, 1.54) is 55.4 Å². The van der Waals surface area contributed by atoms with Crippen LogP contribution in [0.3, 0.4) is 0 Å². The van der Waals surface area contributed by atoms with Gasteiger partial charge in [0.1, 0.15) is 0 Å². The number of hydrogen-bond acceptors (Lipinski definition) is 1. The lowest BCUT2D eigenvalue weighted by atomic mass is 9.86. The minimum absolute atomic E-state index is 0.674. The van der Waals surface area contributed by atoms with Crippen molar-refractivity contribution in [2.24, 2.45) is 5.41 Å². The number of benzene rings is 1. The molecule has 86 valence electrons. The number of anilines is 1. The Kier molecular flexibility index (Phi) is 2.70. The van der Waals surface area contributed by atoms with Crippen molar-refractivity contribution >= 4 is 21.6 Å². The van der Waals surface area contributed by atoms with E-state index in [1.54, 1.807) is 0 Å². The summed E-state index contributed by atoms with van der Waals surface area (Å²) in [5, 5.41) is 0. The van der Waals surface area contributed by atoms with Crippen molar-refractivity contribution in [3.63, 3.8) is 0 Å². The molecule has 1 aliphatic carbocycles. The fourth-order valence-electron chi connectivity index (χ4n) is 3.34. The van der Waals surface area contributed by atoms with Crippen molar-refractivity contribution in [2.75, 3.05) is 18.0 Å². The zero-order chi connectivity index (χ0) is 11.0. The maximum atomic E-state index is 3.50. The zero-order valence-electron chi connectivity index (χ0n) is 9.58. The molecule has 1 heterocycles. The van der Waals surface area contributed by atoms with E-state index in [2.05, 4.69) is 45.1 Å². The fourth-order valence-corrected chi connectivity index (χ4v) is 3.60. The van der Waals surface area contributed by atoms with Crippen molar-refractivity contribution in [3.05, 3.63) is 28.7 Å². The highest BCUT2D eigenvalue weighted by Crippen LogP contribution is 2.46. The van der Waals surface area contributed by atoms with Crippen LogP contribution in [0, 0.1) is 5.41 Å². The minimum atomic E-state index is 0.674. The summed E-state index contributed by atoms with van der Waals surface area (Å²) in [4.78, 5) is 2.57. The average molecular weight is 280 g/mol. The van der Waals surface area contributed by atoms with Gasteiger partial charge >= 0.3 is 0 Å². The van der Waals surface area contributed by atoms with Crippen LogP contribution < -0.4 is 4.90 Å². The highest BCUT2D eigenvalue weighted by Gasteiger charge is 2.40. The van der Waals surface area contributed by atoms with Crippen LogP contribution in [0.4, 0.5) is 5.69 Å². The van der Waals surface area contributed by atoms with Gasteiger partial charge < -0.3 is 4.90 Å². The van der Waals surface area contributed by atoms with Gasteiger partial charge in [-0.15, -0.1) is 0 Å². The zero-order valence-corrected chi connectivity index (χ0v) is 11.2. The first kappa shape index (κ1) is 10.6. The third-order valence-electron chi connectivity index (χ3n) is 4.29. The molecule has 0 unspecified atom stereocenters. The Bertz CT molecular complexity index is 365. The molecule has 1 aliphatic heterocycles. The Morgan fingerprint density at radius 3 is 2.38 bits per heavy atom. The SMILES string of the molecule is Brc1ccc(N2CCC3(CCCC3)C2)cc1. The van der Waals surface area contributed by atoms with Gasteiger partial charge in [0, 0.05) is 23.2 Å². The monoisotopic (exact) mass is 279 g/mol. The second-order valence-corrected chi connectivity index (χ2v) is 6.27. The molecule has 1 aromatic carbocycles. The minimum Gasteiger partial charge on any atom is -0.371 e. The van der Waals surface area contributed by atoms with Gasteiger partial charge in [0.2, 0.25) is 0 Å². The Balaban J connectivity index is 1.75. The number of rotatable bonds is 1. The van der Waals surface area contributed by atoms with Crippen molar-refractivity contribution in [1.29, 1.82) is 0 Å². The number of hydrogen-bond donors (Lipinski definition) is 0. The molecular formula is C14H18BrN. The normalized spacial score (nSPS) is 23.2. The maximum Gasteiger partial charge on any atom is 0.0367 e. The molecule has 1 saturated heterocycles. The second kappa shape index (κ2) is 4.06. The van der Waals surface area contributed by atoms with E-state index in [0.29, 0.717) is 5.41 Å². The first-order valence-electron chi connectivity index (χ1n) is 6.28. The molecule has 0 atom stereocenters. The Morgan fingerprint density at radius 1 is 1.00 bits per heavy atom. The van der Waals surface area contributed by atoms with Crippen LogP contribution in [0.5, 0.6) is 0 Å². The van der Waals surface area contributed by atoms with E-state index in [4.69, 9.17) is 0 Å². The predicted octanol–water partition coefficient (Wildman–Crippen LogP) is 4.22. The van der Waals surface area contributed by atoms with Crippen LogP contribution in [0.25, 0.3) is 0 Å². The Hall–Kier alpha value is -0.500. The summed E-state index contributed by atoms with van der Waals surface area (Å²) in [5.74, 6) is 0. The molecular weight excluding hydrogens is 262 g/mol. The second-order valence-electron chi connectivity index (χ2n) is 5.36. The standard InChI is InChI=1S/C14H18BrN/c15-12-3-5-13(6-4-12)16-10-9-14(11-16)7-1-2-8-14/h3-6H,1-2,7-11H2. The lowest BCUT2D eigenvalue weighted by molar-refractivity contribution is 0.341. The average Bonchev–Trinajstić information content (AvgIpc) is 2.91. The van der Waals surface area contributed by atoms with Gasteiger partial charge in [-0.1, -0.05) is 28.8 Å². The third-order valence-corrected chi connectivity index (χ3v) is 4.82. The quantitative estimate of drug-likeness (QED) is 0.744. The van der Waals surface area contributed by atoms with E-state index in [9.17, 15) is 0 Å². The summed E-state index contributed by atoms with van der Waals surface area (Å²) in [6.07, 6.45) is 7.23. The lowest BCUT2D eigenvalue weighted by Crippen LogP contribution is -2.24. The van der Waals surface area contributed by atoms with Crippen molar-refractivity contribution < 1.29 is 0 Å². The highest BCUT2D eigenvalue weighted by atomic mass is 79.9. The summed E-state index contributed by atoms with van der Waals surface area (Å²) in [5.41, 5.74) is 2.07. The van der Waals surface area contributed by atoms with E-state index in [1.807, 2.05) is 0 Å². The van der Waals surface area contributed by atoms with Gasteiger partial charge in [-0.3, -0.25) is 0 Å². The smallest absolute Gasteiger partial charge is 0.0367 e. The van der Waals surface area contributed by atoms with Gasteiger partial charge in [0.15, 0.2) is 0 Å². The van der Waals surface area contributed by atoms with Crippen LogP contribution in [-0.4, -0.2) is 13.1 Å². The van der Waals surface area contributed by atoms with E-state index in [0.717, 1.165) is 0 Å². The molecule has 2 heteroatoms. The van der Waals surface area contributed by atoms with Crippen LogP contribution in [-0.2, 0) is 0 Å². The fraction of sp³-hybridized carbons (Fsp3) is 0.571. The highest BCUT2D eigenvalue weighted by molar-refractivity contribution is 9.10. The van der Waals surface area contributed by atoms with Gasteiger partial charge in [-0.25, -0.2) is 0 Å². The van der Waals surface area contributed by atoms with Gasteiger partial charge in [0.05, 0.1) is 0 Å². The molecule has 3 rings (SSSR count). The Labute approximate surface area is 106 Å². The Morgan fingerprint density at radius 2 is 1.69 bits per heavy atom. The van der Waals surface area contributed by atoms with E-state index in [-0.39, 0.29) is 0 Å². The van der Waals surface area contributed by atoms with Gasteiger partial charge in [0.25, 0.3) is 0 Å². The summed E-state index contributed by atoms with van der Waals surface area (Å²) in [6, 6.07) is 8.76. The largest absolute Gasteiger partial charge is 0.371 e. The lowest BCUT2D eigenvalue weighted by Gasteiger charge is -2.24. The first-order chi connectivity index (χ1) is 7.77. The van der Waals surface area contributed by atoms with Crippen molar-refractivity contribution in [2.45, 2.75) is 32.1 Å². The molecule has 1 spiro atoms. The summed E-state index contributed by atoms with van der Waals surface area (Å²) < 4.78 is 1.17. The molecule has 0 radical (unpaired) electrons. The van der Waals surface area contributed by atoms with Crippen LogP contribution in [0.15, 0.2) is 28.7 Å². The third kappa shape index (κ3) is 1.88. The molecule has 1 saturated carbocycles. The predicted molar refractivity (Wildman–Crippen MR) is 71.9 cm³/mol. The van der Waals surface area contributed by atoms with Crippen LogP contribution in [0.1, 0.15) is 32.1 Å². The maximum absolute atomic E-state index is 3.50. The topological polar surface area (TPSA) is 3.24 Å². The molecule has 0 bridgehead atoms. The van der Waals surface area contributed by atoms with E-state index >= 15 is 0 Å². The van der Waals surface area contributed by atoms with Crippen LogP contribution >= 0.6 is 15.9 Å². The molecule has 2 aliphatic rings. The molecule has 1 aromatic rings. The number of halogens is 1. The summed E-state index contributed by atoms with van der Waals surface area (Å²) in [6.45, 7) is 2.54. The van der Waals surface area contributed by atoms with Gasteiger partial charge in [-0.05, 0) is 48.9 Å². The molecule has 2 fully saturated rings. The van der Waals surface area contributed by atoms with Crippen molar-refractivity contribution in [3.8, 4) is 0 Å². The molecule has 0 aromatic heterocycles. The summed E-state index contributed by atoms with van der Waals surface area (Å²) in [7, 11) is 0. The molecule has 1 nitrogen and oxygen atoms in total. The van der Waals surface area contributed by atoms with Crippen LogP contribution in [0.2, 0.25) is 0 Å². The first-order valence-corrected chi connectivity index (χ1v) is 7.07. The molecule has 16 heavy (non-hydrogen) atoms. The summed E-state index contributed by atoms with van der Waals surface area (Å²) >= 11 is 3.50. The molecule has 0 amide bonds. The van der Waals surface area contributed by atoms with Gasteiger partial charge in [-0.2, -0.15) is 0 Å². The van der Waals surface area contributed by atoms with Crippen molar-refractivity contribution in [1.82, 2.24) is 0 Å². The molecule has 0 N–H and O–H groups in total. The van der Waals surface area contributed by atoms with E-state index < -0.39 is 0 Å². The number of nitrogens with zero attached hydrogens (tertiary/aromatic N) is 1.